The molecule has 0 atom stereocenters. The Morgan fingerprint density at radius 1 is 1.16 bits per heavy atom. The van der Waals surface area contributed by atoms with Gasteiger partial charge in [-0.1, -0.05) is 0 Å². The second kappa shape index (κ2) is 7.63. The first kappa shape index (κ1) is 19.4. The number of hydrogen-bond acceptors (Lipinski definition) is 5. The largest absolute Gasteiger partial charge is 0.346 e. The van der Waals surface area contributed by atoms with Crippen molar-refractivity contribution in [2.24, 2.45) is 0 Å². The molecule has 2 aliphatic rings. The average molecular weight is 417 g/mol. The monoisotopic (exact) mass is 417 g/mol. The predicted octanol–water partition coefficient (Wildman–Crippen LogP) is 2.61. The first-order valence-electron chi connectivity index (χ1n) is 10.4. The summed E-state index contributed by atoms with van der Waals surface area (Å²) in [5.74, 6) is -0.327. The summed E-state index contributed by atoms with van der Waals surface area (Å²) in [7, 11) is 1.46. The number of likely N-dealkylation sites (tertiary alicyclic amines) is 1. The van der Waals surface area contributed by atoms with Gasteiger partial charge >= 0.3 is 0 Å². The van der Waals surface area contributed by atoms with Gasteiger partial charge in [0.25, 0.3) is 11.8 Å². The van der Waals surface area contributed by atoms with Gasteiger partial charge in [0.05, 0.1) is 17.7 Å². The van der Waals surface area contributed by atoms with Gasteiger partial charge < -0.3 is 10.3 Å². The molecule has 0 bridgehead atoms. The van der Waals surface area contributed by atoms with Crippen LogP contribution < -0.4 is 5.32 Å². The number of nitrogens with zero attached hydrogens (tertiary/aromatic N) is 3. The quantitative estimate of drug-likeness (QED) is 0.636. The third kappa shape index (κ3) is 3.48. The lowest BCUT2D eigenvalue weighted by molar-refractivity contribution is -0.117. The predicted molar refractivity (Wildman–Crippen MR) is 116 cm³/mol. The number of hydrogen-bond donors (Lipinski definition) is 2. The Hall–Kier alpha value is -3.52. The number of imide groups is 1. The molecule has 0 aliphatic carbocycles. The summed E-state index contributed by atoms with van der Waals surface area (Å²) in [5.41, 5.74) is 3.45. The van der Waals surface area contributed by atoms with Crippen LogP contribution in [0.5, 0.6) is 0 Å². The Morgan fingerprint density at radius 3 is 2.74 bits per heavy atom. The minimum absolute atomic E-state index is 0.125. The second-order valence-electron chi connectivity index (χ2n) is 8.17. The number of aromatic amines is 1. The van der Waals surface area contributed by atoms with Gasteiger partial charge in [-0.2, -0.15) is 0 Å². The van der Waals surface area contributed by atoms with Crippen molar-refractivity contribution in [2.75, 3.05) is 32.0 Å². The number of amides is 3. The smallest absolute Gasteiger partial charge is 0.261 e. The molecule has 3 aromatic rings. The van der Waals surface area contributed by atoms with Crippen LogP contribution in [0.4, 0.5) is 5.69 Å². The molecular weight excluding hydrogens is 394 g/mol. The summed E-state index contributed by atoms with van der Waals surface area (Å²) >= 11 is 0. The molecule has 5 rings (SSSR count). The van der Waals surface area contributed by atoms with E-state index in [4.69, 9.17) is 0 Å². The molecule has 0 spiro atoms. The Balaban J connectivity index is 1.18. The maximum Gasteiger partial charge on any atom is 0.261 e. The lowest BCUT2D eigenvalue weighted by Gasteiger charge is -2.31. The van der Waals surface area contributed by atoms with Crippen LogP contribution in [0, 0.1) is 0 Å². The molecule has 0 radical (unpaired) electrons. The van der Waals surface area contributed by atoms with E-state index in [2.05, 4.69) is 32.4 Å². The Kier molecular flexibility index (Phi) is 4.78. The maximum atomic E-state index is 12.5. The van der Waals surface area contributed by atoms with Crippen LogP contribution in [-0.2, 0) is 4.79 Å². The minimum Gasteiger partial charge on any atom is -0.346 e. The zero-order chi connectivity index (χ0) is 21.5. The highest BCUT2D eigenvalue weighted by atomic mass is 16.2. The topological polar surface area (TPSA) is 98.4 Å². The number of H-pyrrole nitrogens is 1. The van der Waals surface area contributed by atoms with E-state index < -0.39 is 0 Å². The van der Waals surface area contributed by atoms with Crippen LogP contribution in [0.2, 0.25) is 0 Å². The van der Waals surface area contributed by atoms with E-state index >= 15 is 0 Å². The third-order valence-corrected chi connectivity index (χ3v) is 6.25. The molecule has 0 unspecified atom stereocenters. The molecule has 3 amide bonds. The van der Waals surface area contributed by atoms with Gasteiger partial charge in [0.2, 0.25) is 5.91 Å². The Morgan fingerprint density at radius 2 is 1.94 bits per heavy atom. The lowest BCUT2D eigenvalue weighted by atomic mass is 9.89. The van der Waals surface area contributed by atoms with Gasteiger partial charge in [-0.05, 0) is 67.7 Å². The van der Waals surface area contributed by atoms with Crippen molar-refractivity contribution in [1.29, 1.82) is 0 Å². The van der Waals surface area contributed by atoms with Gasteiger partial charge in [-0.25, -0.2) is 4.98 Å². The Bertz CT molecular complexity index is 1190. The summed E-state index contributed by atoms with van der Waals surface area (Å²) in [6.07, 6.45) is 5.81. The van der Waals surface area contributed by atoms with E-state index in [1.807, 2.05) is 6.07 Å². The first-order chi connectivity index (χ1) is 15.0. The fraction of sp³-hybridized carbons (Fsp3) is 0.304. The van der Waals surface area contributed by atoms with Crippen molar-refractivity contribution in [3.8, 4) is 0 Å². The van der Waals surface area contributed by atoms with E-state index in [0.717, 1.165) is 36.5 Å². The van der Waals surface area contributed by atoms with Crippen LogP contribution in [-0.4, -0.2) is 64.2 Å². The number of piperidine rings is 1. The van der Waals surface area contributed by atoms with Crippen LogP contribution in [0.1, 0.15) is 45.0 Å². The van der Waals surface area contributed by atoms with E-state index in [9.17, 15) is 14.4 Å². The number of benzene rings is 1. The van der Waals surface area contributed by atoms with Crippen LogP contribution >= 0.6 is 0 Å². The number of rotatable bonds is 4. The molecule has 2 aromatic heterocycles. The summed E-state index contributed by atoms with van der Waals surface area (Å²) in [4.78, 5) is 47.5. The van der Waals surface area contributed by atoms with E-state index in [0.29, 0.717) is 29.3 Å². The fourth-order valence-electron chi connectivity index (χ4n) is 4.56. The summed E-state index contributed by atoms with van der Waals surface area (Å²) in [6, 6.07) is 8.89. The third-order valence-electron chi connectivity index (χ3n) is 6.25. The summed E-state index contributed by atoms with van der Waals surface area (Å²) in [6.45, 7) is 1.98. The normalized spacial score (nSPS) is 17.4. The summed E-state index contributed by atoms with van der Waals surface area (Å²) < 4.78 is 0. The van der Waals surface area contributed by atoms with Gasteiger partial charge in [0, 0.05) is 30.5 Å². The highest BCUT2D eigenvalue weighted by Gasteiger charge is 2.33. The number of anilines is 1. The summed E-state index contributed by atoms with van der Waals surface area (Å²) in [5, 5.41) is 4.03. The van der Waals surface area contributed by atoms with Crippen LogP contribution in [0.25, 0.3) is 11.0 Å². The molecule has 8 heteroatoms. The highest BCUT2D eigenvalue weighted by Crippen LogP contribution is 2.32. The standard InChI is InChI=1S/C23H23N5O3/c1-27-22(30)17-5-4-15(11-18(17)23(27)31)26-20(29)13-28-9-6-14(7-10-28)19-12-25-21-16(19)3-2-8-24-21/h2-5,8,11-12,14H,6-7,9-10,13H2,1H3,(H,24,25)(H,26,29). The zero-order valence-electron chi connectivity index (χ0n) is 17.2. The SMILES string of the molecule is CN1C(=O)c2ccc(NC(=O)CN3CCC(c4c[nH]c5ncccc45)CC3)cc2C1=O. The van der Waals surface area contributed by atoms with Gasteiger partial charge in [-0.3, -0.25) is 24.2 Å². The lowest BCUT2D eigenvalue weighted by Crippen LogP contribution is -2.38. The zero-order valence-corrected chi connectivity index (χ0v) is 17.2. The fourth-order valence-corrected chi connectivity index (χ4v) is 4.56. The molecule has 2 aliphatic heterocycles. The molecule has 158 valence electrons. The van der Waals surface area contributed by atoms with Crippen LogP contribution in [0.3, 0.4) is 0 Å². The first-order valence-corrected chi connectivity index (χ1v) is 10.4. The molecule has 1 saturated heterocycles. The molecule has 2 N–H and O–H groups in total. The number of nitrogens with one attached hydrogen (secondary N) is 2. The highest BCUT2D eigenvalue weighted by molar-refractivity contribution is 6.21. The number of carbonyl (C=O) groups excluding carboxylic acids is 3. The molecule has 1 aromatic carbocycles. The molecule has 8 nitrogen and oxygen atoms in total. The van der Waals surface area contributed by atoms with E-state index in [1.165, 1.54) is 18.0 Å². The molecule has 1 fully saturated rings. The van der Waals surface area contributed by atoms with Crippen molar-refractivity contribution in [3.63, 3.8) is 0 Å². The molecule has 4 heterocycles. The van der Waals surface area contributed by atoms with Crippen molar-refractivity contribution < 1.29 is 14.4 Å². The number of pyridine rings is 1. The second-order valence-corrected chi connectivity index (χ2v) is 8.17. The van der Waals surface area contributed by atoms with Crippen molar-refractivity contribution in [3.05, 3.63) is 59.4 Å². The van der Waals surface area contributed by atoms with Crippen molar-refractivity contribution >= 4 is 34.4 Å². The van der Waals surface area contributed by atoms with Gasteiger partial charge in [0.1, 0.15) is 5.65 Å². The number of carbonyl (C=O) groups is 3. The number of aromatic nitrogens is 2. The van der Waals surface area contributed by atoms with E-state index in [1.54, 1.807) is 24.4 Å². The minimum atomic E-state index is -0.342. The van der Waals surface area contributed by atoms with Crippen LogP contribution in [0.15, 0.2) is 42.7 Å². The number of fused-ring (bicyclic) bond motifs is 2. The molecule has 31 heavy (non-hydrogen) atoms. The van der Waals surface area contributed by atoms with Crippen molar-refractivity contribution in [2.45, 2.75) is 18.8 Å². The van der Waals surface area contributed by atoms with E-state index in [-0.39, 0.29) is 17.7 Å². The molecule has 0 saturated carbocycles. The van der Waals surface area contributed by atoms with Gasteiger partial charge in [-0.15, -0.1) is 0 Å². The Labute approximate surface area is 179 Å². The average Bonchev–Trinajstić information content (AvgIpc) is 3.30. The van der Waals surface area contributed by atoms with Crippen molar-refractivity contribution in [1.82, 2.24) is 19.8 Å². The molecular formula is C23H23N5O3. The van der Waals surface area contributed by atoms with Gasteiger partial charge in [0.15, 0.2) is 0 Å². The maximum absolute atomic E-state index is 12.5.